The lowest BCUT2D eigenvalue weighted by molar-refractivity contribution is 0.0599. The molecule has 0 atom stereocenters. The molecule has 1 aromatic carbocycles. The molecule has 2 rings (SSSR count). The third-order valence-electron chi connectivity index (χ3n) is 3.92. The van der Waals surface area contributed by atoms with Gasteiger partial charge in [0.2, 0.25) is 0 Å². The summed E-state index contributed by atoms with van der Waals surface area (Å²) in [7, 11) is 3.05. The molecule has 0 aliphatic heterocycles. The molecule has 0 saturated carbocycles. The number of Topliss-reactive ketones (excluding diaryl/α,β-unsaturated/α-hetero) is 1. The van der Waals surface area contributed by atoms with Crippen molar-refractivity contribution >= 4 is 11.8 Å². The van der Waals surface area contributed by atoms with Crippen molar-refractivity contribution in [3.8, 4) is 0 Å². The zero-order valence-corrected chi connectivity index (χ0v) is 14.3. The van der Waals surface area contributed by atoms with Crippen molar-refractivity contribution in [3.63, 3.8) is 0 Å². The van der Waals surface area contributed by atoms with Gasteiger partial charge in [0.25, 0.3) is 0 Å². The number of ketones is 1. The number of benzene rings is 1. The van der Waals surface area contributed by atoms with E-state index in [4.69, 9.17) is 4.74 Å². The normalized spacial score (nSPS) is 10.9. The third kappa shape index (κ3) is 3.71. The molecule has 1 N–H and O–H groups in total. The highest BCUT2D eigenvalue weighted by Gasteiger charge is 2.23. The predicted octanol–water partition coefficient (Wildman–Crippen LogP) is 2.87. The molecule has 1 aromatic heterocycles. The molecule has 128 valence electrons. The van der Waals surface area contributed by atoms with Crippen molar-refractivity contribution in [2.45, 2.75) is 20.4 Å². The zero-order valence-electron chi connectivity index (χ0n) is 14.3. The molecule has 1 heterocycles. The Morgan fingerprint density at radius 1 is 1.25 bits per heavy atom. The van der Waals surface area contributed by atoms with E-state index in [1.54, 1.807) is 44.0 Å². The average molecular weight is 332 g/mol. The van der Waals surface area contributed by atoms with Crippen molar-refractivity contribution < 1.29 is 18.7 Å². The molecular weight excluding hydrogens is 311 g/mol. The second kappa shape index (κ2) is 7.40. The van der Waals surface area contributed by atoms with Crippen molar-refractivity contribution in [1.82, 2.24) is 9.88 Å². The Morgan fingerprint density at radius 3 is 2.54 bits per heavy atom. The first-order chi connectivity index (χ1) is 11.3. The molecule has 0 radical (unpaired) electrons. The van der Waals surface area contributed by atoms with Crippen LogP contribution in [0.2, 0.25) is 0 Å². The van der Waals surface area contributed by atoms with Gasteiger partial charge < -0.3 is 9.72 Å². The van der Waals surface area contributed by atoms with Crippen LogP contribution in [0.5, 0.6) is 0 Å². The van der Waals surface area contributed by atoms with Gasteiger partial charge in [0.15, 0.2) is 5.78 Å². The first-order valence-corrected chi connectivity index (χ1v) is 7.57. The monoisotopic (exact) mass is 332 g/mol. The van der Waals surface area contributed by atoms with E-state index in [-0.39, 0.29) is 18.1 Å². The number of aromatic nitrogens is 1. The number of H-pyrrole nitrogens is 1. The summed E-state index contributed by atoms with van der Waals surface area (Å²) in [5.74, 6) is -0.929. The third-order valence-corrected chi connectivity index (χ3v) is 3.92. The second-order valence-corrected chi connectivity index (χ2v) is 5.80. The van der Waals surface area contributed by atoms with E-state index < -0.39 is 5.97 Å². The lowest BCUT2D eigenvalue weighted by Gasteiger charge is -2.16. The maximum Gasteiger partial charge on any atom is 0.339 e. The molecule has 0 unspecified atom stereocenters. The minimum absolute atomic E-state index is 0.107. The lowest BCUT2D eigenvalue weighted by Crippen LogP contribution is -2.26. The molecule has 0 bridgehead atoms. The number of esters is 1. The smallest absolute Gasteiger partial charge is 0.339 e. The van der Waals surface area contributed by atoms with Crippen LogP contribution in [0, 0.1) is 19.7 Å². The van der Waals surface area contributed by atoms with E-state index in [1.807, 2.05) is 0 Å². The van der Waals surface area contributed by atoms with E-state index in [0.717, 1.165) is 0 Å². The van der Waals surface area contributed by atoms with Crippen LogP contribution in [-0.4, -0.2) is 42.3 Å². The Labute approximate surface area is 140 Å². The molecule has 0 amide bonds. The number of carbonyl (C=O) groups is 2. The summed E-state index contributed by atoms with van der Waals surface area (Å²) >= 11 is 0. The van der Waals surface area contributed by atoms with Gasteiger partial charge in [-0.25, -0.2) is 9.18 Å². The molecule has 5 nitrogen and oxygen atoms in total. The van der Waals surface area contributed by atoms with Crippen molar-refractivity contribution in [3.05, 3.63) is 58.2 Å². The fraction of sp³-hybridized carbons (Fsp3) is 0.333. The van der Waals surface area contributed by atoms with Crippen LogP contribution in [-0.2, 0) is 11.3 Å². The summed E-state index contributed by atoms with van der Waals surface area (Å²) < 4.78 is 18.4. The number of aromatic amines is 1. The summed E-state index contributed by atoms with van der Waals surface area (Å²) in [6.45, 7) is 3.86. The minimum Gasteiger partial charge on any atom is -0.465 e. The number of carbonyl (C=O) groups excluding carboxylic acids is 2. The van der Waals surface area contributed by atoms with Crippen molar-refractivity contribution in [1.29, 1.82) is 0 Å². The lowest BCUT2D eigenvalue weighted by atomic mass is 10.1. The van der Waals surface area contributed by atoms with Crippen molar-refractivity contribution in [2.75, 3.05) is 20.7 Å². The van der Waals surface area contributed by atoms with E-state index >= 15 is 0 Å². The maximum atomic E-state index is 13.7. The van der Waals surface area contributed by atoms with Gasteiger partial charge in [-0.3, -0.25) is 9.69 Å². The summed E-state index contributed by atoms with van der Waals surface area (Å²) in [6.07, 6.45) is 0. The minimum atomic E-state index is -0.472. The van der Waals surface area contributed by atoms with E-state index in [2.05, 4.69) is 4.98 Å². The zero-order chi connectivity index (χ0) is 17.9. The Kier molecular flexibility index (Phi) is 5.51. The topological polar surface area (TPSA) is 62.4 Å². The van der Waals surface area contributed by atoms with Crippen molar-refractivity contribution in [2.24, 2.45) is 0 Å². The maximum absolute atomic E-state index is 13.7. The number of rotatable bonds is 6. The Morgan fingerprint density at radius 2 is 1.92 bits per heavy atom. The van der Waals surface area contributed by atoms with Gasteiger partial charge in [0.1, 0.15) is 5.82 Å². The first kappa shape index (κ1) is 17.9. The van der Waals surface area contributed by atoms with Crippen LogP contribution in [0.4, 0.5) is 4.39 Å². The van der Waals surface area contributed by atoms with Crippen LogP contribution in [0.15, 0.2) is 24.3 Å². The van der Waals surface area contributed by atoms with Crippen LogP contribution in [0.1, 0.15) is 37.7 Å². The predicted molar refractivity (Wildman–Crippen MR) is 88.7 cm³/mol. The molecule has 0 fully saturated rings. The molecule has 0 spiro atoms. The van der Waals surface area contributed by atoms with Crippen LogP contribution < -0.4 is 0 Å². The molecular formula is C18H21FN2O3. The molecule has 24 heavy (non-hydrogen) atoms. The molecule has 6 heteroatoms. The largest absolute Gasteiger partial charge is 0.465 e. The van der Waals surface area contributed by atoms with Gasteiger partial charge >= 0.3 is 5.97 Å². The number of halogens is 1. The fourth-order valence-electron chi connectivity index (χ4n) is 2.73. The number of likely N-dealkylation sites (N-methyl/N-ethyl adjacent to an activating group) is 1. The highest BCUT2D eigenvalue weighted by atomic mass is 19.1. The van der Waals surface area contributed by atoms with Crippen LogP contribution in [0.25, 0.3) is 0 Å². The molecule has 2 aromatic rings. The summed E-state index contributed by atoms with van der Waals surface area (Å²) in [6, 6.07) is 6.47. The fourth-order valence-corrected chi connectivity index (χ4v) is 2.73. The number of methoxy groups -OCH3 is 1. The number of nitrogens with one attached hydrogen (secondary N) is 1. The summed E-state index contributed by atoms with van der Waals surface area (Å²) in [5, 5.41) is 0. The van der Waals surface area contributed by atoms with Crippen LogP contribution in [0.3, 0.4) is 0 Å². The number of aryl methyl sites for hydroxylation is 1. The van der Waals surface area contributed by atoms with Gasteiger partial charge in [0.05, 0.1) is 24.9 Å². The number of hydrogen-bond donors (Lipinski definition) is 1. The summed E-state index contributed by atoms with van der Waals surface area (Å²) in [4.78, 5) is 29.0. The van der Waals surface area contributed by atoms with E-state index in [0.29, 0.717) is 34.6 Å². The highest BCUT2D eigenvalue weighted by molar-refractivity contribution is 6.02. The number of nitrogens with zero attached hydrogens (tertiary/aromatic N) is 1. The molecule has 0 aliphatic rings. The quantitative estimate of drug-likeness (QED) is 0.653. The molecule has 0 aliphatic carbocycles. The van der Waals surface area contributed by atoms with E-state index in [9.17, 15) is 14.0 Å². The van der Waals surface area contributed by atoms with Gasteiger partial charge in [-0.2, -0.15) is 0 Å². The van der Waals surface area contributed by atoms with Crippen LogP contribution >= 0.6 is 0 Å². The average Bonchev–Trinajstić information content (AvgIpc) is 2.83. The van der Waals surface area contributed by atoms with E-state index in [1.165, 1.54) is 13.2 Å². The van der Waals surface area contributed by atoms with Gasteiger partial charge in [-0.15, -0.1) is 0 Å². The summed E-state index contributed by atoms with van der Waals surface area (Å²) in [5.41, 5.74) is 2.47. The number of ether oxygens (including phenoxy) is 1. The number of hydrogen-bond acceptors (Lipinski definition) is 4. The Hall–Kier alpha value is -2.47. The van der Waals surface area contributed by atoms with Gasteiger partial charge in [0, 0.05) is 17.8 Å². The highest BCUT2D eigenvalue weighted by Crippen LogP contribution is 2.20. The van der Waals surface area contributed by atoms with Gasteiger partial charge in [-0.1, -0.05) is 18.2 Å². The standard InChI is InChI=1S/C18H21FN2O3/c1-11-16(18(23)24-4)12(2)20-17(11)15(22)10-21(3)9-13-7-5-6-8-14(13)19/h5-8,20H,9-10H2,1-4H3. The molecule has 0 saturated heterocycles. The van der Waals surface area contributed by atoms with Gasteiger partial charge in [-0.05, 0) is 32.5 Å². The Bertz CT molecular complexity index is 768. The SMILES string of the molecule is COC(=O)c1c(C)[nH]c(C(=O)CN(C)Cc2ccccc2F)c1C. The second-order valence-electron chi connectivity index (χ2n) is 5.80. The Balaban J connectivity index is 2.13. The first-order valence-electron chi connectivity index (χ1n) is 7.57.